The average Bonchev–Trinajstić information content (AvgIpc) is 2.64. The Labute approximate surface area is 97.9 Å². The number of carboxylic acids is 1. The number of hydrogen-bond acceptors (Lipinski definition) is 5. The number of aromatic nitrogens is 2. The molecule has 1 aliphatic carbocycles. The molecule has 1 heterocycles. The van der Waals surface area contributed by atoms with Gasteiger partial charge in [-0.05, 0) is 26.2 Å². The number of rotatable bonds is 3. The molecule has 0 aliphatic heterocycles. The lowest BCUT2D eigenvalue weighted by atomic mass is 9.86. The molecule has 1 saturated carbocycles. The zero-order valence-corrected chi connectivity index (χ0v) is 9.96. The van der Waals surface area contributed by atoms with Gasteiger partial charge < -0.3 is 10.4 Å². The van der Waals surface area contributed by atoms with Gasteiger partial charge in [0.2, 0.25) is 5.13 Å². The van der Waals surface area contributed by atoms with Crippen molar-refractivity contribution in [1.82, 2.24) is 10.2 Å². The summed E-state index contributed by atoms with van der Waals surface area (Å²) in [6.07, 6.45) is 3.46. The van der Waals surface area contributed by atoms with Gasteiger partial charge in [0.25, 0.3) is 0 Å². The van der Waals surface area contributed by atoms with Crippen LogP contribution in [0.5, 0.6) is 0 Å². The van der Waals surface area contributed by atoms with Crippen LogP contribution in [0.4, 0.5) is 5.13 Å². The van der Waals surface area contributed by atoms with Crippen LogP contribution in [0.2, 0.25) is 0 Å². The third-order valence-corrected chi connectivity index (χ3v) is 3.65. The molecular weight excluding hydrogens is 226 g/mol. The summed E-state index contributed by atoms with van der Waals surface area (Å²) in [6.45, 7) is 1.91. The van der Waals surface area contributed by atoms with Crippen LogP contribution < -0.4 is 5.32 Å². The number of anilines is 1. The predicted octanol–water partition coefficient (Wildman–Crippen LogP) is 1.90. The van der Waals surface area contributed by atoms with E-state index in [9.17, 15) is 4.79 Å². The molecule has 88 valence electrons. The van der Waals surface area contributed by atoms with Crippen molar-refractivity contribution in [2.24, 2.45) is 5.92 Å². The average molecular weight is 241 g/mol. The van der Waals surface area contributed by atoms with Crippen molar-refractivity contribution in [3.63, 3.8) is 0 Å². The Morgan fingerprint density at radius 1 is 1.50 bits per heavy atom. The van der Waals surface area contributed by atoms with Crippen molar-refractivity contribution < 1.29 is 9.90 Å². The van der Waals surface area contributed by atoms with Gasteiger partial charge in [0.15, 0.2) is 0 Å². The smallest absolute Gasteiger partial charge is 0.306 e. The van der Waals surface area contributed by atoms with Crippen LogP contribution >= 0.6 is 11.3 Å². The van der Waals surface area contributed by atoms with Crippen LogP contribution in [0.15, 0.2) is 0 Å². The van der Waals surface area contributed by atoms with Gasteiger partial charge in [-0.2, -0.15) is 0 Å². The molecule has 0 aromatic carbocycles. The SMILES string of the molecule is Cc1nnc(NC2CCCC(C(=O)O)C2)s1. The fourth-order valence-corrected chi connectivity index (χ4v) is 2.74. The maximum Gasteiger partial charge on any atom is 0.306 e. The summed E-state index contributed by atoms with van der Waals surface area (Å²) in [5.41, 5.74) is 0. The minimum absolute atomic E-state index is 0.208. The highest BCUT2D eigenvalue weighted by molar-refractivity contribution is 7.15. The van der Waals surface area contributed by atoms with Crippen LogP contribution in [0.3, 0.4) is 0 Å². The zero-order valence-electron chi connectivity index (χ0n) is 9.14. The minimum Gasteiger partial charge on any atom is -0.481 e. The van der Waals surface area contributed by atoms with Crippen molar-refractivity contribution in [3.05, 3.63) is 5.01 Å². The predicted molar refractivity (Wildman–Crippen MR) is 61.7 cm³/mol. The third-order valence-electron chi connectivity index (χ3n) is 2.88. The van der Waals surface area contributed by atoms with Gasteiger partial charge in [-0.3, -0.25) is 4.79 Å². The number of nitrogens with zero attached hydrogens (tertiary/aromatic N) is 2. The van der Waals surface area contributed by atoms with Crippen LogP contribution in [-0.4, -0.2) is 27.3 Å². The van der Waals surface area contributed by atoms with Crippen LogP contribution in [-0.2, 0) is 4.79 Å². The van der Waals surface area contributed by atoms with E-state index >= 15 is 0 Å². The normalized spacial score (nSPS) is 25.3. The van der Waals surface area contributed by atoms with Gasteiger partial charge in [-0.15, -0.1) is 10.2 Å². The molecule has 1 aliphatic rings. The number of carbonyl (C=O) groups is 1. The van der Waals surface area contributed by atoms with Gasteiger partial charge in [0, 0.05) is 6.04 Å². The molecule has 1 aromatic rings. The first-order valence-corrected chi connectivity index (χ1v) is 6.26. The molecule has 0 saturated heterocycles. The highest BCUT2D eigenvalue weighted by atomic mass is 32.1. The molecule has 16 heavy (non-hydrogen) atoms. The van der Waals surface area contributed by atoms with Crippen LogP contribution in [0, 0.1) is 12.8 Å². The minimum atomic E-state index is -0.681. The summed E-state index contributed by atoms with van der Waals surface area (Å²) in [5.74, 6) is -0.889. The van der Waals surface area contributed by atoms with E-state index in [1.165, 1.54) is 11.3 Å². The molecule has 6 heteroatoms. The summed E-state index contributed by atoms with van der Waals surface area (Å²) < 4.78 is 0. The monoisotopic (exact) mass is 241 g/mol. The summed E-state index contributed by atoms with van der Waals surface area (Å²) in [4.78, 5) is 10.9. The fraction of sp³-hybridized carbons (Fsp3) is 0.700. The molecule has 1 fully saturated rings. The largest absolute Gasteiger partial charge is 0.481 e. The number of nitrogens with one attached hydrogen (secondary N) is 1. The van der Waals surface area contributed by atoms with E-state index in [0.29, 0.717) is 6.42 Å². The molecule has 5 nitrogen and oxygen atoms in total. The molecule has 0 amide bonds. The lowest BCUT2D eigenvalue weighted by molar-refractivity contribution is -0.142. The van der Waals surface area contributed by atoms with E-state index in [0.717, 1.165) is 29.4 Å². The van der Waals surface area contributed by atoms with Crippen molar-refractivity contribution in [2.75, 3.05) is 5.32 Å². The van der Waals surface area contributed by atoms with E-state index < -0.39 is 5.97 Å². The molecule has 2 rings (SSSR count). The van der Waals surface area contributed by atoms with Gasteiger partial charge in [-0.1, -0.05) is 17.8 Å². The second kappa shape index (κ2) is 4.78. The van der Waals surface area contributed by atoms with E-state index in [1.807, 2.05) is 6.92 Å². The van der Waals surface area contributed by atoms with Crippen molar-refractivity contribution >= 4 is 22.4 Å². The Bertz CT molecular complexity index is 380. The second-order valence-corrected chi connectivity index (χ2v) is 5.35. The molecule has 0 bridgehead atoms. The van der Waals surface area contributed by atoms with Gasteiger partial charge in [-0.25, -0.2) is 0 Å². The second-order valence-electron chi connectivity index (χ2n) is 4.17. The highest BCUT2D eigenvalue weighted by Crippen LogP contribution is 2.27. The lowest BCUT2D eigenvalue weighted by Crippen LogP contribution is -2.30. The summed E-state index contributed by atoms with van der Waals surface area (Å²) in [7, 11) is 0. The lowest BCUT2D eigenvalue weighted by Gasteiger charge is -2.26. The maximum absolute atomic E-state index is 10.9. The molecule has 2 atom stereocenters. The van der Waals surface area contributed by atoms with Crippen LogP contribution in [0.1, 0.15) is 30.7 Å². The Hall–Kier alpha value is -1.17. The molecular formula is C10H15N3O2S. The van der Waals surface area contributed by atoms with E-state index in [4.69, 9.17) is 5.11 Å². The summed E-state index contributed by atoms with van der Waals surface area (Å²) in [6, 6.07) is 0.224. The first kappa shape index (κ1) is 11.3. The maximum atomic E-state index is 10.9. The van der Waals surface area contributed by atoms with Crippen molar-refractivity contribution in [2.45, 2.75) is 38.6 Å². The first-order chi connectivity index (χ1) is 7.65. The van der Waals surface area contributed by atoms with Gasteiger partial charge in [0.05, 0.1) is 5.92 Å². The topological polar surface area (TPSA) is 75.1 Å². The van der Waals surface area contributed by atoms with Crippen molar-refractivity contribution in [3.8, 4) is 0 Å². The molecule has 0 radical (unpaired) electrons. The zero-order chi connectivity index (χ0) is 11.5. The molecule has 2 N–H and O–H groups in total. The summed E-state index contributed by atoms with van der Waals surface area (Å²) >= 11 is 1.51. The van der Waals surface area contributed by atoms with Gasteiger partial charge >= 0.3 is 5.97 Å². The Balaban J connectivity index is 1.92. The van der Waals surface area contributed by atoms with Crippen molar-refractivity contribution in [1.29, 1.82) is 0 Å². The third kappa shape index (κ3) is 2.69. The number of aliphatic carboxylic acids is 1. The van der Waals surface area contributed by atoms with E-state index in [-0.39, 0.29) is 12.0 Å². The van der Waals surface area contributed by atoms with Gasteiger partial charge in [0.1, 0.15) is 5.01 Å². The molecule has 2 unspecified atom stereocenters. The first-order valence-electron chi connectivity index (χ1n) is 5.44. The van der Waals surface area contributed by atoms with E-state index in [1.54, 1.807) is 0 Å². The Morgan fingerprint density at radius 2 is 2.31 bits per heavy atom. The molecule has 1 aromatic heterocycles. The van der Waals surface area contributed by atoms with E-state index in [2.05, 4.69) is 15.5 Å². The quantitative estimate of drug-likeness (QED) is 0.845. The Kier molecular flexibility index (Phi) is 3.38. The molecule has 0 spiro atoms. The standard InChI is InChI=1S/C10H15N3O2S/c1-6-12-13-10(16-6)11-8-4-2-3-7(5-8)9(14)15/h7-8H,2-5H2,1H3,(H,11,13)(H,14,15). The highest BCUT2D eigenvalue weighted by Gasteiger charge is 2.27. The summed E-state index contributed by atoms with van der Waals surface area (Å²) in [5, 5.41) is 21.9. The number of carboxylic acid groups (broad SMARTS) is 1. The number of hydrogen-bond donors (Lipinski definition) is 2. The Morgan fingerprint density at radius 3 is 2.94 bits per heavy atom. The van der Waals surface area contributed by atoms with Crippen LogP contribution in [0.25, 0.3) is 0 Å². The fourth-order valence-electron chi connectivity index (χ4n) is 2.07. The number of aryl methyl sites for hydroxylation is 1.